The fourth-order valence-corrected chi connectivity index (χ4v) is 13.2. The standard InChI is InChI=1S/C85H146O9/c1-5-9-13-17-21-25-29-33-37-41-45-49-53-57-64-70-91-82(87)77-74-76(81(86)75-68-62-61-63-69-75)78(83(88)92-71-65-58-54-50-46-42-38-34-30-26-22-18-14-10-6-2)80(85(90)94-73-67-60-56-52-48-44-40-36-32-28-24-20-16-12-8-4)79(77)84(89)93-72-66-59-55-51-47-43-39-35-31-27-23-19-15-11-7-3/h61-63,68-69,74H,5-60,64-67,70-73H2,1-4H3. The number of ketones is 1. The lowest BCUT2D eigenvalue weighted by Crippen LogP contribution is -2.27. The highest BCUT2D eigenvalue weighted by molar-refractivity contribution is 6.22. The van der Waals surface area contributed by atoms with Crippen LogP contribution in [-0.2, 0) is 18.9 Å². The van der Waals surface area contributed by atoms with E-state index in [-0.39, 0.29) is 48.7 Å². The van der Waals surface area contributed by atoms with Gasteiger partial charge >= 0.3 is 23.9 Å². The van der Waals surface area contributed by atoms with Crippen LogP contribution in [-0.4, -0.2) is 56.1 Å². The molecule has 0 saturated carbocycles. The van der Waals surface area contributed by atoms with E-state index in [9.17, 15) is 24.0 Å². The van der Waals surface area contributed by atoms with Crippen molar-refractivity contribution in [1.82, 2.24) is 0 Å². The van der Waals surface area contributed by atoms with Gasteiger partial charge in [0.25, 0.3) is 0 Å². The topological polar surface area (TPSA) is 122 Å². The summed E-state index contributed by atoms with van der Waals surface area (Å²) in [5.41, 5.74) is -1.52. The molecule has 0 bridgehead atoms. The highest BCUT2D eigenvalue weighted by Crippen LogP contribution is 2.31. The summed E-state index contributed by atoms with van der Waals surface area (Å²) in [5, 5.41) is 0. The molecular formula is C85H146O9. The van der Waals surface area contributed by atoms with Crippen molar-refractivity contribution >= 4 is 29.7 Å². The molecule has 540 valence electrons. The van der Waals surface area contributed by atoms with Crippen molar-refractivity contribution in [2.24, 2.45) is 0 Å². The van der Waals surface area contributed by atoms with Gasteiger partial charge in [0.2, 0.25) is 0 Å². The van der Waals surface area contributed by atoms with E-state index in [1.54, 1.807) is 30.3 Å². The fourth-order valence-electron chi connectivity index (χ4n) is 13.2. The van der Waals surface area contributed by atoms with Crippen molar-refractivity contribution in [2.75, 3.05) is 26.4 Å². The smallest absolute Gasteiger partial charge is 0.339 e. The summed E-state index contributed by atoms with van der Waals surface area (Å²) in [6, 6.07) is 9.78. The van der Waals surface area contributed by atoms with Crippen LogP contribution in [0.1, 0.15) is 470 Å². The number of esters is 4. The van der Waals surface area contributed by atoms with Crippen LogP contribution in [0.2, 0.25) is 0 Å². The number of rotatable bonds is 70. The number of carbonyl (C=O) groups is 5. The lowest BCUT2D eigenvalue weighted by Gasteiger charge is -2.20. The SMILES string of the molecule is CCCCCCCCCCCCCCCCCOC(=O)c1cc(C(=O)c2ccccc2)c(C(=O)OCCCCCCCCCCCCCCCCC)c(C(=O)OCCCCCCCCCCCCCCCCC)c1C(=O)OCCCCCCCCCCCCCCCCC. The van der Waals surface area contributed by atoms with E-state index in [1.807, 2.05) is 0 Å². The van der Waals surface area contributed by atoms with E-state index in [0.29, 0.717) is 25.7 Å². The number of hydrogen-bond donors (Lipinski definition) is 0. The maximum absolute atomic E-state index is 15.0. The zero-order valence-corrected chi connectivity index (χ0v) is 61.9. The summed E-state index contributed by atoms with van der Waals surface area (Å²) in [7, 11) is 0. The predicted octanol–water partition coefficient (Wildman–Crippen LogP) is 27.0. The first-order chi connectivity index (χ1) is 46.3. The molecule has 0 heterocycles. The number of ether oxygens (including phenoxy) is 4. The second kappa shape index (κ2) is 65.0. The Hall–Kier alpha value is -4.01. The van der Waals surface area contributed by atoms with Crippen molar-refractivity contribution in [3.05, 3.63) is 69.8 Å². The molecule has 2 aromatic rings. The van der Waals surface area contributed by atoms with Gasteiger partial charge < -0.3 is 18.9 Å². The van der Waals surface area contributed by atoms with Gasteiger partial charge in [0.1, 0.15) is 0 Å². The summed E-state index contributed by atoms with van der Waals surface area (Å²) in [6.45, 7) is 9.31. The van der Waals surface area contributed by atoms with Crippen molar-refractivity contribution in [2.45, 2.75) is 413 Å². The van der Waals surface area contributed by atoms with Gasteiger partial charge in [0.05, 0.1) is 48.7 Å². The second-order valence-electron chi connectivity index (χ2n) is 28.1. The molecule has 0 aliphatic rings. The van der Waals surface area contributed by atoms with E-state index in [1.165, 1.54) is 289 Å². The highest BCUT2D eigenvalue weighted by Gasteiger charge is 2.37. The Labute approximate surface area is 578 Å². The molecule has 0 amide bonds. The largest absolute Gasteiger partial charge is 0.462 e. The monoisotopic (exact) mass is 1310 g/mol. The van der Waals surface area contributed by atoms with Crippen molar-refractivity contribution < 1.29 is 42.9 Å². The van der Waals surface area contributed by atoms with Gasteiger partial charge in [-0.3, -0.25) is 4.79 Å². The first-order valence-corrected chi connectivity index (χ1v) is 40.8. The molecule has 0 saturated heterocycles. The van der Waals surface area contributed by atoms with Crippen LogP contribution < -0.4 is 0 Å². The van der Waals surface area contributed by atoms with Gasteiger partial charge in [-0.05, 0) is 31.7 Å². The Bertz CT molecular complexity index is 2100. The average molecular weight is 1310 g/mol. The van der Waals surface area contributed by atoms with E-state index >= 15 is 0 Å². The first-order valence-electron chi connectivity index (χ1n) is 40.8. The summed E-state index contributed by atoms with van der Waals surface area (Å²) in [4.78, 5) is 74.2. The summed E-state index contributed by atoms with van der Waals surface area (Å²) >= 11 is 0. The van der Waals surface area contributed by atoms with Gasteiger partial charge in [-0.2, -0.15) is 0 Å². The third-order valence-electron chi connectivity index (χ3n) is 19.4. The molecule has 94 heavy (non-hydrogen) atoms. The van der Waals surface area contributed by atoms with Crippen LogP contribution in [0, 0.1) is 0 Å². The number of unbranched alkanes of at least 4 members (excludes halogenated alkanes) is 56. The second-order valence-corrected chi connectivity index (χ2v) is 28.1. The Balaban J connectivity index is 2.33. The van der Waals surface area contributed by atoms with Gasteiger partial charge in [0, 0.05) is 11.1 Å². The molecule has 2 aromatic carbocycles. The van der Waals surface area contributed by atoms with Crippen LogP contribution in [0.15, 0.2) is 36.4 Å². The predicted molar refractivity (Wildman–Crippen MR) is 397 cm³/mol. The van der Waals surface area contributed by atoms with E-state index in [2.05, 4.69) is 27.7 Å². The Morgan fingerprint density at radius 3 is 0.649 bits per heavy atom. The molecule has 0 fully saturated rings. The summed E-state index contributed by atoms with van der Waals surface area (Å²) < 4.78 is 24.1. The van der Waals surface area contributed by atoms with Crippen molar-refractivity contribution in [3.8, 4) is 0 Å². The van der Waals surface area contributed by atoms with Crippen LogP contribution in [0.3, 0.4) is 0 Å². The first kappa shape index (κ1) is 86.1. The van der Waals surface area contributed by atoms with Crippen LogP contribution >= 0.6 is 0 Å². The van der Waals surface area contributed by atoms with E-state index < -0.39 is 40.8 Å². The van der Waals surface area contributed by atoms with Crippen LogP contribution in [0.5, 0.6) is 0 Å². The molecule has 2 rings (SSSR count). The zero-order valence-electron chi connectivity index (χ0n) is 61.9. The minimum Gasteiger partial charge on any atom is -0.462 e. The van der Waals surface area contributed by atoms with E-state index in [4.69, 9.17) is 18.9 Å². The molecule has 0 aliphatic heterocycles. The third-order valence-corrected chi connectivity index (χ3v) is 19.4. The van der Waals surface area contributed by atoms with Gasteiger partial charge in [-0.25, -0.2) is 19.2 Å². The Morgan fingerprint density at radius 1 is 0.223 bits per heavy atom. The maximum Gasteiger partial charge on any atom is 0.339 e. The molecule has 0 aliphatic carbocycles. The Morgan fingerprint density at radius 2 is 0.415 bits per heavy atom. The van der Waals surface area contributed by atoms with Gasteiger partial charge in [0.15, 0.2) is 5.78 Å². The van der Waals surface area contributed by atoms with E-state index in [0.717, 1.165) is 77.0 Å². The molecule has 0 unspecified atom stereocenters. The quantitative estimate of drug-likeness (QED) is 0.0276. The molecule has 0 aromatic heterocycles. The lowest BCUT2D eigenvalue weighted by atomic mass is 9.87. The third kappa shape index (κ3) is 46.2. The number of carbonyl (C=O) groups excluding carboxylic acids is 5. The Kier molecular flexibility index (Phi) is 59.5. The lowest BCUT2D eigenvalue weighted by molar-refractivity contribution is 0.0414. The minimum atomic E-state index is -0.970. The molecule has 0 spiro atoms. The fraction of sp³-hybridized carbons (Fsp3) is 0.800. The zero-order chi connectivity index (χ0) is 67.7. The molecular weight excluding hydrogens is 1160 g/mol. The van der Waals surface area contributed by atoms with Crippen LogP contribution in [0.4, 0.5) is 0 Å². The van der Waals surface area contributed by atoms with Crippen molar-refractivity contribution in [1.29, 1.82) is 0 Å². The number of hydrogen-bond acceptors (Lipinski definition) is 9. The summed E-state index contributed by atoms with van der Waals surface area (Å²) in [6.07, 6.45) is 71.8. The minimum absolute atomic E-state index is 0.0359. The number of benzene rings is 2. The normalized spacial score (nSPS) is 11.4. The molecule has 9 nitrogen and oxygen atoms in total. The maximum atomic E-state index is 15.0. The molecule has 0 N–H and O–H groups in total. The summed E-state index contributed by atoms with van der Waals surface area (Å²) in [5.74, 6) is -4.27. The molecule has 0 radical (unpaired) electrons. The molecule has 9 heteroatoms. The highest BCUT2D eigenvalue weighted by atomic mass is 16.5. The van der Waals surface area contributed by atoms with Crippen LogP contribution in [0.25, 0.3) is 0 Å². The van der Waals surface area contributed by atoms with Gasteiger partial charge in [-0.15, -0.1) is 0 Å². The molecule has 0 atom stereocenters. The average Bonchev–Trinajstić information content (AvgIpc) is 0.753. The van der Waals surface area contributed by atoms with Crippen molar-refractivity contribution in [3.63, 3.8) is 0 Å². The van der Waals surface area contributed by atoms with Gasteiger partial charge in [-0.1, -0.05) is 418 Å².